The molecule has 0 saturated heterocycles. The van der Waals surface area contributed by atoms with Crippen LogP contribution in [0.2, 0.25) is 0 Å². The van der Waals surface area contributed by atoms with Crippen molar-refractivity contribution >= 4 is 16.9 Å². The molecule has 0 aliphatic heterocycles. The average Bonchev–Trinajstić information content (AvgIpc) is 2.59. The highest BCUT2D eigenvalue weighted by molar-refractivity contribution is 5.97. The number of benzene rings is 1. The summed E-state index contributed by atoms with van der Waals surface area (Å²) in [5.41, 5.74) is 7.91. The first-order valence-corrected chi connectivity index (χ1v) is 4.97. The van der Waals surface area contributed by atoms with Crippen LogP contribution in [0.1, 0.15) is 25.2 Å². The number of nitrogens with zero attached hydrogens (tertiary/aromatic N) is 1. The average molecular weight is 204 g/mol. The first-order chi connectivity index (χ1) is 7.16. The number of nitrogens with two attached hydrogens (primary N) is 1. The second-order valence-corrected chi connectivity index (χ2v) is 2.97. The smallest absolute Gasteiger partial charge is 0.122 e. The van der Waals surface area contributed by atoms with Crippen LogP contribution in [0.4, 0.5) is 0 Å². The minimum atomic E-state index is 0.0779. The van der Waals surface area contributed by atoms with Crippen molar-refractivity contribution in [1.29, 1.82) is 5.41 Å². The van der Waals surface area contributed by atoms with Crippen molar-refractivity contribution < 1.29 is 0 Å². The second-order valence-electron chi connectivity index (χ2n) is 2.97. The zero-order valence-corrected chi connectivity index (χ0v) is 9.26. The van der Waals surface area contributed by atoms with Gasteiger partial charge in [-0.25, -0.2) is 4.98 Å². The van der Waals surface area contributed by atoms with Crippen LogP contribution >= 0.6 is 0 Å². The second kappa shape index (κ2) is 4.59. The number of amidine groups is 1. The van der Waals surface area contributed by atoms with Crippen LogP contribution in [0.15, 0.2) is 18.2 Å². The molecule has 0 atom stereocenters. The van der Waals surface area contributed by atoms with Gasteiger partial charge >= 0.3 is 0 Å². The van der Waals surface area contributed by atoms with E-state index < -0.39 is 0 Å². The molecule has 0 amide bonds. The predicted octanol–water partition coefficient (Wildman–Crippen LogP) is 2.18. The third kappa shape index (κ3) is 2.34. The molecule has 1 aromatic heterocycles. The maximum atomic E-state index is 7.26. The number of nitrogen functional groups attached to an aromatic ring is 1. The molecule has 0 fully saturated rings. The molecule has 0 spiro atoms. The maximum absolute atomic E-state index is 7.26. The number of nitrogens with one attached hydrogen (secondary N) is 2. The molecule has 4 N–H and O–H groups in total. The molecule has 0 aliphatic carbocycles. The molecule has 80 valence electrons. The Morgan fingerprint density at radius 2 is 2.07 bits per heavy atom. The van der Waals surface area contributed by atoms with Crippen LogP contribution < -0.4 is 5.73 Å². The number of hydrogen-bond donors (Lipinski definition) is 3. The van der Waals surface area contributed by atoms with E-state index in [0.717, 1.165) is 22.4 Å². The number of imidazole rings is 1. The van der Waals surface area contributed by atoms with Gasteiger partial charge in [-0.05, 0) is 25.1 Å². The van der Waals surface area contributed by atoms with Gasteiger partial charge in [0.25, 0.3) is 0 Å². The molecule has 2 aromatic rings. The lowest BCUT2D eigenvalue weighted by Gasteiger charge is -1.96. The topological polar surface area (TPSA) is 78.6 Å². The van der Waals surface area contributed by atoms with E-state index in [1.807, 2.05) is 32.9 Å². The normalized spacial score (nSPS) is 9.53. The number of aryl methyl sites for hydroxylation is 1. The zero-order chi connectivity index (χ0) is 11.4. The molecule has 0 bridgehead atoms. The van der Waals surface area contributed by atoms with Crippen molar-refractivity contribution in [2.75, 3.05) is 0 Å². The van der Waals surface area contributed by atoms with Gasteiger partial charge in [0.15, 0.2) is 0 Å². The van der Waals surface area contributed by atoms with Crippen LogP contribution in [-0.4, -0.2) is 15.8 Å². The molecule has 0 aliphatic rings. The molecular formula is C11H16N4. The van der Waals surface area contributed by atoms with Crippen molar-refractivity contribution in [3.05, 3.63) is 29.6 Å². The number of rotatable bonds is 1. The van der Waals surface area contributed by atoms with Crippen molar-refractivity contribution in [3.8, 4) is 0 Å². The van der Waals surface area contributed by atoms with Gasteiger partial charge in [-0.1, -0.05) is 13.8 Å². The van der Waals surface area contributed by atoms with Crippen molar-refractivity contribution in [1.82, 2.24) is 9.97 Å². The van der Waals surface area contributed by atoms with E-state index in [4.69, 9.17) is 11.1 Å². The summed E-state index contributed by atoms with van der Waals surface area (Å²) >= 11 is 0. The van der Waals surface area contributed by atoms with E-state index >= 15 is 0 Å². The predicted molar refractivity (Wildman–Crippen MR) is 63.2 cm³/mol. The Kier molecular flexibility index (Phi) is 3.44. The number of fused-ring (bicyclic) bond motifs is 1. The van der Waals surface area contributed by atoms with Crippen molar-refractivity contribution in [2.24, 2.45) is 5.73 Å². The number of aromatic amines is 1. The zero-order valence-electron chi connectivity index (χ0n) is 9.26. The highest BCUT2D eigenvalue weighted by Crippen LogP contribution is 2.12. The first-order valence-electron chi connectivity index (χ1n) is 4.97. The maximum Gasteiger partial charge on any atom is 0.122 e. The van der Waals surface area contributed by atoms with Crippen LogP contribution in [0.25, 0.3) is 11.0 Å². The fourth-order valence-corrected chi connectivity index (χ4v) is 1.30. The van der Waals surface area contributed by atoms with Crippen LogP contribution in [0.3, 0.4) is 0 Å². The monoisotopic (exact) mass is 204 g/mol. The Labute approximate surface area is 89.0 Å². The fourth-order valence-electron chi connectivity index (χ4n) is 1.30. The summed E-state index contributed by atoms with van der Waals surface area (Å²) < 4.78 is 0. The molecule has 2 rings (SSSR count). The lowest BCUT2D eigenvalue weighted by atomic mass is 10.2. The molecule has 1 aromatic carbocycles. The molecule has 0 unspecified atom stereocenters. The highest BCUT2D eigenvalue weighted by Gasteiger charge is 2.01. The molecule has 4 nitrogen and oxygen atoms in total. The van der Waals surface area contributed by atoms with Gasteiger partial charge in [-0.3, -0.25) is 5.41 Å². The molecule has 0 radical (unpaired) electrons. The van der Waals surface area contributed by atoms with Gasteiger partial charge in [0.05, 0.1) is 11.0 Å². The fraction of sp³-hybridized carbons (Fsp3) is 0.273. The van der Waals surface area contributed by atoms with E-state index in [1.54, 1.807) is 6.07 Å². The van der Waals surface area contributed by atoms with Gasteiger partial charge < -0.3 is 10.7 Å². The summed E-state index contributed by atoms with van der Waals surface area (Å²) in [4.78, 5) is 7.34. The van der Waals surface area contributed by atoms with E-state index in [1.165, 1.54) is 0 Å². The molecule has 0 saturated carbocycles. The van der Waals surface area contributed by atoms with Crippen molar-refractivity contribution in [3.63, 3.8) is 0 Å². The lowest BCUT2D eigenvalue weighted by molar-refractivity contribution is 1.17. The minimum absolute atomic E-state index is 0.0779. The van der Waals surface area contributed by atoms with E-state index in [-0.39, 0.29) is 5.84 Å². The van der Waals surface area contributed by atoms with Gasteiger partial charge in [-0.15, -0.1) is 0 Å². The number of H-pyrrole nitrogens is 1. The Morgan fingerprint density at radius 3 is 2.67 bits per heavy atom. The highest BCUT2D eigenvalue weighted by atomic mass is 14.9. The Hall–Kier alpha value is -1.84. The molecular weight excluding hydrogens is 188 g/mol. The molecule has 1 heterocycles. The van der Waals surface area contributed by atoms with Crippen LogP contribution in [0.5, 0.6) is 0 Å². The summed E-state index contributed by atoms with van der Waals surface area (Å²) in [7, 11) is 0. The van der Waals surface area contributed by atoms with Gasteiger partial charge in [0, 0.05) is 5.56 Å². The Balaban J connectivity index is 0.000000531. The number of hydrogen-bond acceptors (Lipinski definition) is 2. The van der Waals surface area contributed by atoms with Crippen molar-refractivity contribution in [2.45, 2.75) is 20.8 Å². The van der Waals surface area contributed by atoms with Gasteiger partial charge in [-0.2, -0.15) is 0 Å². The minimum Gasteiger partial charge on any atom is -0.384 e. The Bertz CT molecular complexity index is 470. The van der Waals surface area contributed by atoms with Crippen LogP contribution in [-0.2, 0) is 0 Å². The Morgan fingerprint density at radius 1 is 1.40 bits per heavy atom. The van der Waals surface area contributed by atoms with Crippen LogP contribution in [0, 0.1) is 12.3 Å². The van der Waals surface area contributed by atoms with E-state index in [0.29, 0.717) is 0 Å². The van der Waals surface area contributed by atoms with E-state index in [9.17, 15) is 0 Å². The summed E-state index contributed by atoms with van der Waals surface area (Å²) in [6, 6.07) is 5.48. The summed E-state index contributed by atoms with van der Waals surface area (Å²) in [6.07, 6.45) is 0. The third-order valence-corrected chi connectivity index (χ3v) is 1.91. The molecule has 15 heavy (non-hydrogen) atoms. The third-order valence-electron chi connectivity index (χ3n) is 1.91. The number of aromatic nitrogens is 2. The molecule has 4 heteroatoms. The summed E-state index contributed by atoms with van der Waals surface area (Å²) in [6.45, 7) is 5.90. The largest absolute Gasteiger partial charge is 0.384 e. The SMILES string of the molecule is CC.Cc1nc2ccc(C(=N)N)cc2[nH]1. The van der Waals surface area contributed by atoms with E-state index in [2.05, 4.69) is 9.97 Å². The quantitative estimate of drug-likeness (QED) is 0.491. The first kappa shape index (κ1) is 11.2. The summed E-state index contributed by atoms with van der Waals surface area (Å²) in [5, 5.41) is 7.26. The van der Waals surface area contributed by atoms with Gasteiger partial charge in [0.1, 0.15) is 11.7 Å². The lowest BCUT2D eigenvalue weighted by Crippen LogP contribution is -2.10. The standard InChI is InChI=1S/C9H10N4.C2H6/c1-5-12-7-3-2-6(9(10)11)4-8(7)13-5;1-2/h2-4H,1H3,(H3,10,11)(H,12,13);1-2H3. The van der Waals surface area contributed by atoms with Gasteiger partial charge in [0.2, 0.25) is 0 Å². The summed E-state index contributed by atoms with van der Waals surface area (Å²) in [5.74, 6) is 0.949.